The minimum atomic E-state index is -4.41. The molecule has 2 aliphatic heterocycles. The minimum absolute atomic E-state index is 0.0164. The largest absolute Gasteiger partial charge is 0.484 e. The molecule has 1 fully saturated rings. The van der Waals surface area contributed by atoms with Crippen molar-refractivity contribution in [2.24, 2.45) is 0 Å². The minimum Gasteiger partial charge on any atom is -0.484 e. The lowest BCUT2D eigenvalue weighted by Gasteiger charge is -2.37. The molecule has 0 aliphatic carbocycles. The van der Waals surface area contributed by atoms with Gasteiger partial charge in [0.15, 0.2) is 6.61 Å². The van der Waals surface area contributed by atoms with Crippen LogP contribution in [0.5, 0.6) is 11.5 Å². The summed E-state index contributed by atoms with van der Waals surface area (Å²) in [5.41, 5.74) is 0.636. The molecular formula is C18H20F3NO3. The van der Waals surface area contributed by atoms with Crippen LogP contribution in [-0.4, -0.2) is 35.7 Å². The highest BCUT2D eigenvalue weighted by atomic mass is 19.4. The van der Waals surface area contributed by atoms with Crippen molar-refractivity contribution >= 4 is 11.6 Å². The quantitative estimate of drug-likeness (QED) is 0.818. The number of hydrogen-bond donors (Lipinski definition) is 0. The zero-order valence-corrected chi connectivity index (χ0v) is 14.2. The van der Waals surface area contributed by atoms with Gasteiger partial charge in [-0.3, -0.25) is 4.79 Å². The van der Waals surface area contributed by atoms with Crippen molar-refractivity contribution in [2.75, 3.05) is 13.2 Å². The lowest BCUT2D eigenvalue weighted by atomic mass is 9.96. The molecule has 0 radical (unpaired) electrons. The molecule has 1 amide bonds. The Bertz CT molecular complexity index is 710. The van der Waals surface area contributed by atoms with E-state index in [4.69, 9.17) is 9.47 Å². The van der Waals surface area contributed by atoms with Gasteiger partial charge >= 0.3 is 6.18 Å². The highest BCUT2D eigenvalue weighted by molar-refractivity contribution is 5.89. The third-order valence-electron chi connectivity index (χ3n) is 4.10. The molecule has 0 bridgehead atoms. The van der Waals surface area contributed by atoms with Crippen molar-refractivity contribution in [3.05, 3.63) is 29.8 Å². The average molecular weight is 355 g/mol. The number of carbonyl (C=O) groups is 1. The molecule has 3 rings (SSSR count). The standard InChI is InChI=1S/C18H20F3NO3/c1-17(2)10-14(22-8-4-3-5-16(22)23)13-9-12(6-7-15(13)25-17)24-11-18(19,20)21/h6-7,9-10H,3-5,8,11H2,1-2H3. The van der Waals surface area contributed by atoms with Crippen LogP contribution in [0.3, 0.4) is 0 Å². The molecule has 0 unspecified atom stereocenters. The number of halogens is 3. The Morgan fingerprint density at radius 2 is 2.04 bits per heavy atom. The van der Waals surface area contributed by atoms with Gasteiger partial charge in [0.2, 0.25) is 5.91 Å². The first-order valence-corrected chi connectivity index (χ1v) is 8.21. The number of piperidine rings is 1. The van der Waals surface area contributed by atoms with Crippen LogP contribution in [0.4, 0.5) is 13.2 Å². The molecule has 136 valence electrons. The first-order chi connectivity index (χ1) is 11.6. The number of alkyl halides is 3. The summed E-state index contributed by atoms with van der Waals surface area (Å²) in [6.45, 7) is 2.98. The van der Waals surface area contributed by atoms with Gasteiger partial charge in [-0.1, -0.05) is 0 Å². The number of benzene rings is 1. The van der Waals surface area contributed by atoms with Crippen molar-refractivity contribution in [3.8, 4) is 11.5 Å². The van der Waals surface area contributed by atoms with Crippen LogP contribution in [0, 0.1) is 0 Å². The SMILES string of the molecule is CC1(C)C=C(N2CCCCC2=O)c2cc(OCC(F)(F)F)ccc2O1. The number of amides is 1. The first-order valence-electron chi connectivity index (χ1n) is 8.21. The summed E-state index contributed by atoms with van der Waals surface area (Å²) in [6.07, 6.45) is -0.353. The van der Waals surface area contributed by atoms with E-state index in [-0.39, 0.29) is 11.7 Å². The van der Waals surface area contributed by atoms with Crippen molar-refractivity contribution < 1.29 is 27.4 Å². The van der Waals surface area contributed by atoms with Gasteiger partial charge in [-0.25, -0.2) is 0 Å². The van der Waals surface area contributed by atoms with Gasteiger partial charge in [-0.2, -0.15) is 13.2 Å². The third-order valence-corrected chi connectivity index (χ3v) is 4.10. The van der Waals surface area contributed by atoms with E-state index in [1.54, 1.807) is 11.0 Å². The van der Waals surface area contributed by atoms with E-state index in [9.17, 15) is 18.0 Å². The Hall–Kier alpha value is -2.18. The van der Waals surface area contributed by atoms with E-state index in [0.29, 0.717) is 30.0 Å². The molecule has 25 heavy (non-hydrogen) atoms. The molecule has 0 aromatic heterocycles. The maximum absolute atomic E-state index is 12.4. The molecule has 7 heteroatoms. The second kappa shape index (κ2) is 6.28. The highest BCUT2D eigenvalue weighted by Gasteiger charge is 2.33. The zero-order valence-electron chi connectivity index (χ0n) is 14.2. The molecule has 0 spiro atoms. The Morgan fingerprint density at radius 3 is 2.72 bits per heavy atom. The van der Waals surface area contributed by atoms with Crippen molar-refractivity contribution in [1.29, 1.82) is 0 Å². The number of ether oxygens (including phenoxy) is 2. The van der Waals surface area contributed by atoms with Gasteiger partial charge < -0.3 is 14.4 Å². The summed E-state index contributed by atoms with van der Waals surface area (Å²) in [5, 5.41) is 0. The predicted molar refractivity (Wildman–Crippen MR) is 86.2 cm³/mol. The van der Waals surface area contributed by atoms with Gasteiger partial charge in [-0.05, 0) is 51.0 Å². The lowest BCUT2D eigenvalue weighted by molar-refractivity contribution is -0.153. The molecule has 0 saturated carbocycles. The number of hydrogen-bond acceptors (Lipinski definition) is 3. The molecular weight excluding hydrogens is 335 g/mol. The van der Waals surface area contributed by atoms with Gasteiger partial charge in [0.05, 0.1) is 5.70 Å². The third kappa shape index (κ3) is 4.08. The van der Waals surface area contributed by atoms with Gasteiger partial charge in [0.25, 0.3) is 0 Å². The number of likely N-dealkylation sites (tertiary alicyclic amines) is 1. The van der Waals surface area contributed by atoms with Gasteiger partial charge in [-0.15, -0.1) is 0 Å². The summed E-state index contributed by atoms with van der Waals surface area (Å²) in [4.78, 5) is 14.0. The molecule has 1 aromatic rings. The van der Waals surface area contributed by atoms with Gasteiger partial charge in [0.1, 0.15) is 17.1 Å². The maximum atomic E-state index is 12.4. The average Bonchev–Trinajstić information content (AvgIpc) is 2.51. The van der Waals surface area contributed by atoms with Crippen molar-refractivity contribution in [2.45, 2.75) is 44.9 Å². The number of carbonyl (C=O) groups excluding carboxylic acids is 1. The molecule has 1 aromatic carbocycles. The number of fused-ring (bicyclic) bond motifs is 1. The summed E-state index contributed by atoms with van der Waals surface area (Å²) in [5.74, 6) is 0.637. The van der Waals surface area contributed by atoms with Crippen LogP contribution in [0.1, 0.15) is 38.7 Å². The smallest absolute Gasteiger partial charge is 0.422 e. The molecule has 4 nitrogen and oxygen atoms in total. The lowest BCUT2D eigenvalue weighted by Crippen LogP contribution is -2.38. The number of rotatable bonds is 3. The Balaban J connectivity index is 1.95. The fraction of sp³-hybridized carbons (Fsp3) is 0.500. The van der Waals surface area contributed by atoms with Crippen LogP contribution >= 0.6 is 0 Å². The second-order valence-electron chi connectivity index (χ2n) is 6.80. The molecule has 2 aliphatic rings. The van der Waals surface area contributed by atoms with Crippen LogP contribution in [0.25, 0.3) is 5.70 Å². The Kier molecular flexibility index (Phi) is 4.43. The van der Waals surface area contributed by atoms with Crippen LogP contribution in [0.2, 0.25) is 0 Å². The van der Waals surface area contributed by atoms with Crippen molar-refractivity contribution in [1.82, 2.24) is 4.90 Å². The topological polar surface area (TPSA) is 38.8 Å². The van der Waals surface area contributed by atoms with E-state index in [1.165, 1.54) is 12.1 Å². The summed E-state index contributed by atoms with van der Waals surface area (Å²) >= 11 is 0. The summed E-state index contributed by atoms with van der Waals surface area (Å²) in [6, 6.07) is 4.54. The Morgan fingerprint density at radius 1 is 1.28 bits per heavy atom. The molecule has 1 saturated heterocycles. The molecule has 0 N–H and O–H groups in total. The van der Waals surface area contributed by atoms with E-state index in [2.05, 4.69) is 0 Å². The second-order valence-corrected chi connectivity index (χ2v) is 6.80. The maximum Gasteiger partial charge on any atom is 0.422 e. The normalized spacial score (nSPS) is 19.8. The van der Waals surface area contributed by atoms with Crippen LogP contribution < -0.4 is 9.47 Å². The summed E-state index contributed by atoms with van der Waals surface area (Å²) in [7, 11) is 0. The van der Waals surface area contributed by atoms with Crippen LogP contribution in [0.15, 0.2) is 24.3 Å². The number of nitrogens with zero attached hydrogens (tertiary/aromatic N) is 1. The van der Waals surface area contributed by atoms with E-state index >= 15 is 0 Å². The monoisotopic (exact) mass is 355 g/mol. The van der Waals surface area contributed by atoms with Crippen LogP contribution in [-0.2, 0) is 4.79 Å². The fourth-order valence-corrected chi connectivity index (χ4v) is 3.06. The van der Waals surface area contributed by atoms with Gasteiger partial charge in [0, 0.05) is 18.5 Å². The Labute approximate surface area is 144 Å². The van der Waals surface area contributed by atoms with E-state index in [0.717, 1.165) is 12.8 Å². The molecule has 2 heterocycles. The van der Waals surface area contributed by atoms with E-state index in [1.807, 2.05) is 19.9 Å². The first kappa shape index (κ1) is 17.6. The summed E-state index contributed by atoms with van der Waals surface area (Å²) < 4.78 is 47.9. The zero-order chi connectivity index (χ0) is 18.2. The molecule has 0 atom stereocenters. The fourth-order valence-electron chi connectivity index (χ4n) is 3.06. The van der Waals surface area contributed by atoms with Crippen molar-refractivity contribution in [3.63, 3.8) is 0 Å². The van der Waals surface area contributed by atoms with E-state index < -0.39 is 18.4 Å². The highest BCUT2D eigenvalue weighted by Crippen LogP contribution is 2.40. The predicted octanol–water partition coefficient (Wildman–Crippen LogP) is 4.15.